The maximum absolute atomic E-state index is 6.41. The van der Waals surface area contributed by atoms with E-state index in [-0.39, 0.29) is 0 Å². The van der Waals surface area contributed by atoms with Crippen LogP contribution in [0.1, 0.15) is 39.5 Å². The Kier molecular flexibility index (Phi) is 5.73. The van der Waals surface area contributed by atoms with Crippen molar-refractivity contribution in [1.29, 1.82) is 0 Å². The van der Waals surface area contributed by atoms with Crippen molar-refractivity contribution in [2.75, 3.05) is 0 Å². The molecule has 4 heteroatoms. The van der Waals surface area contributed by atoms with Crippen LogP contribution in [0.15, 0.2) is 22.7 Å². The Hall–Kier alpha value is -0.486. The van der Waals surface area contributed by atoms with Crippen molar-refractivity contribution in [2.45, 2.75) is 78.8 Å². The molecule has 116 valence electrons. The van der Waals surface area contributed by atoms with Gasteiger partial charge in [-0.05, 0) is 90.0 Å². The lowest BCUT2D eigenvalue weighted by molar-refractivity contribution is 0.328. The number of rotatable bonds is 4. The molecule has 0 aromatic carbocycles. The second-order valence-corrected chi connectivity index (χ2v) is 16.7. The smallest absolute Gasteiger partial charge is 0.242 e. The van der Waals surface area contributed by atoms with Crippen LogP contribution in [-0.4, -0.2) is 16.6 Å². The van der Waals surface area contributed by atoms with E-state index in [0.29, 0.717) is 0 Å². The van der Waals surface area contributed by atoms with Gasteiger partial charge in [0, 0.05) is 0 Å². The highest BCUT2D eigenvalue weighted by atomic mass is 28.4. The molecule has 0 amide bonds. The van der Waals surface area contributed by atoms with Crippen LogP contribution in [0.5, 0.6) is 0 Å². The van der Waals surface area contributed by atoms with Gasteiger partial charge < -0.3 is 8.85 Å². The summed E-state index contributed by atoms with van der Waals surface area (Å²) in [6.07, 6.45) is 4.77. The van der Waals surface area contributed by atoms with Gasteiger partial charge in [-0.25, -0.2) is 0 Å². The van der Waals surface area contributed by atoms with Crippen LogP contribution in [0.25, 0.3) is 0 Å². The highest BCUT2D eigenvalue weighted by Gasteiger charge is 2.28. The third-order valence-corrected chi connectivity index (χ3v) is 4.78. The zero-order valence-corrected chi connectivity index (χ0v) is 16.6. The van der Waals surface area contributed by atoms with E-state index in [0.717, 1.165) is 24.4 Å². The predicted octanol–water partition coefficient (Wildman–Crippen LogP) is 5.81. The molecule has 0 N–H and O–H groups in total. The van der Waals surface area contributed by atoms with Crippen molar-refractivity contribution in [3.05, 3.63) is 22.7 Å². The van der Waals surface area contributed by atoms with Gasteiger partial charge in [-0.1, -0.05) is 0 Å². The lowest BCUT2D eigenvalue weighted by atomic mass is 9.99. The summed E-state index contributed by atoms with van der Waals surface area (Å²) in [4.78, 5) is 0. The maximum Gasteiger partial charge on any atom is 0.242 e. The van der Waals surface area contributed by atoms with Gasteiger partial charge in [-0.3, -0.25) is 0 Å². The second kappa shape index (κ2) is 6.52. The van der Waals surface area contributed by atoms with Gasteiger partial charge in [-0.15, -0.1) is 0 Å². The minimum atomic E-state index is -1.63. The molecule has 1 aliphatic rings. The average Bonchev–Trinajstić information content (AvgIpc) is 2.24. The van der Waals surface area contributed by atoms with Crippen molar-refractivity contribution in [3.63, 3.8) is 0 Å². The molecule has 0 bridgehead atoms. The number of hydrogen-bond acceptors (Lipinski definition) is 2. The first-order valence-electron chi connectivity index (χ1n) is 7.77. The zero-order chi connectivity index (χ0) is 15.6. The molecule has 0 radical (unpaired) electrons. The van der Waals surface area contributed by atoms with Gasteiger partial charge in [0.05, 0.1) is 0 Å². The van der Waals surface area contributed by atoms with Gasteiger partial charge in [0.25, 0.3) is 0 Å². The van der Waals surface area contributed by atoms with Crippen molar-refractivity contribution >= 4 is 16.6 Å². The number of hydrogen-bond donors (Lipinski definition) is 0. The van der Waals surface area contributed by atoms with Crippen LogP contribution in [-0.2, 0) is 8.85 Å². The highest BCUT2D eigenvalue weighted by Crippen LogP contribution is 2.33. The first-order valence-corrected chi connectivity index (χ1v) is 14.6. The average molecular weight is 313 g/mol. The summed E-state index contributed by atoms with van der Waals surface area (Å²) >= 11 is 0. The molecule has 0 unspecified atom stereocenters. The summed E-state index contributed by atoms with van der Waals surface area (Å²) in [5.74, 6) is 2.12. The Balaban J connectivity index is 3.24. The molecule has 1 rings (SSSR count). The van der Waals surface area contributed by atoms with Gasteiger partial charge in [-0.2, -0.15) is 0 Å². The van der Waals surface area contributed by atoms with Gasteiger partial charge in [0.2, 0.25) is 16.6 Å². The fraction of sp³-hybridized carbons (Fsp3) is 0.750. The fourth-order valence-electron chi connectivity index (χ4n) is 2.27. The van der Waals surface area contributed by atoms with Gasteiger partial charge >= 0.3 is 0 Å². The van der Waals surface area contributed by atoms with Gasteiger partial charge in [0.15, 0.2) is 0 Å². The van der Waals surface area contributed by atoms with E-state index in [2.05, 4.69) is 53.1 Å². The molecule has 2 nitrogen and oxygen atoms in total. The topological polar surface area (TPSA) is 18.5 Å². The zero-order valence-electron chi connectivity index (χ0n) is 14.6. The van der Waals surface area contributed by atoms with E-state index in [4.69, 9.17) is 8.85 Å². The van der Waals surface area contributed by atoms with Crippen molar-refractivity contribution in [1.82, 2.24) is 0 Å². The standard InChI is InChI=1S/C16H32O2Si2/c1-13-11-9-10-12-14(2)16(18-20(6,7)8)15(13)17-19(3,4)5/h9-12H2,1-8H3/b15-13+,16-14+. The lowest BCUT2D eigenvalue weighted by Crippen LogP contribution is -2.31. The third kappa shape index (κ3) is 5.87. The Morgan fingerprint density at radius 3 is 1.20 bits per heavy atom. The molecular weight excluding hydrogens is 280 g/mol. The molecule has 20 heavy (non-hydrogen) atoms. The van der Waals surface area contributed by atoms with Crippen LogP contribution in [0.2, 0.25) is 39.3 Å². The minimum absolute atomic E-state index is 1.06. The molecule has 0 fully saturated rings. The Morgan fingerprint density at radius 1 is 0.650 bits per heavy atom. The SMILES string of the molecule is C/C1=C(O[Si](C)(C)C)/C(O[Si](C)(C)C)=C(/C)CCCC1. The first kappa shape index (κ1) is 17.6. The molecule has 0 saturated carbocycles. The second-order valence-electron chi connectivity index (χ2n) is 7.85. The predicted molar refractivity (Wildman–Crippen MR) is 92.7 cm³/mol. The van der Waals surface area contributed by atoms with Crippen molar-refractivity contribution < 1.29 is 8.85 Å². The van der Waals surface area contributed by atoms with E-state index in [1.165, 1.54) is 24.0 Å². The summed E-state index contributed by atoms with van der Waals surface area (Å²) in [6, 6.07) is 0. The van der Waals surface area contributed by atoms with Gasteiger partial charge in [0.1, 0.15) is 11.5 Å². The summed E-state index contributed by atoms with van der Waals surface area (Å²) in [6.45, 7) is 17.9. The van der Waals surface area contributed by atoms with E-state index < -0.39 is 16.6 Å². The third-order valence-electron chi connectivity index (χ3n) is 3.15. The molecule has 0 saturated heterocycles. The normalized spacial score (nSPS) is 26.0. The van der Waals surface area contributed by atoms with E-state index >= 15 is 0 Å². The van der Waals surface area contributed by atoms with Crippen LogP contribution >= 0.6 is 0 Å². The highest BCUT2D eigenvalue weighted by molar-refractivity contribution is 6.70. The minimum Gasteiger partial charge on any atom is -0.542 e. The van der Waals surface area contributed by atoms with E-state index in [1.54, 1.807) is 0 Å². The Morgan fingerprint density at radius 2 is 0.950 bits per heavy atom. The van der Waals surface area contributed by atoms with Crippen LogP contribution < -0.4 is 0 Å². The van der Waals surface area contributed by atoms with Crippen LogP contribution in [0.4, 0.5) is 0 Å². The van der Waals surface area contributed by atoms with E-state index in [1.807, 2.05) is 0 Å². The number of allylic oxidation sites excluding steroid dienone is 2. The first-order chi connectivity index (χ1) is 8.99. The van der Waals surface area contributed by atoms with Crippen molar-refractivity contribution in [3.8, 4) is 0 Å². The quantitative estimate of drug-likeness (QED) is 0.610. The summed E-state index contributed by atoms with van der Waals surface area (Å²) < 4.78 is 12.8. The Bertz CT molecular complexity index is 369. The summed E-state index contributed by atoms with van der Waals surface area (Å²) in [7, 11) is -3.26. The molecule has 1 aliphatic carbocycles. The maximum atomic E-state index is 6.41. The lowest BCUT2D eigenvalue weighted by Gasteiger charge is -2.31. The molecule has 0 spiro atoms. The molecule has 0 heterocycles. The Labute approximate surface area is 127 Å². The van der Waals surface area contributed by atoms with Crippen molar-refractivity contribution in [2.24, 2.45) is 0 Å². The molecule has 0 atom stereocenters. The van der Waals surface area contributed by atoms with Crippen LogP contribution in [0, 0.1) is 0 Å². The molecular formula is C16H32O2Si2. The summed E-state index contributed by atoms with van der Waals surface area (Å²) in [5.41, 5.74) is 2.72. The monoisotopic (exact) mass is 312 g/mol. The van der Waals surface area contributed by atoms with Crippen LogP contribution in [0.3, 0.4) is 0 Å². The fourth-order valence-corrected chi connectivity index (χ4v) is 4.03. The molecule has 0 aromatic rings. The molecule has 0 aromatic heterocycles. The van der Waals surface area contributed by atoms with E-state index in [9.17, 15) is 0 Å². The summed E-state index contributed by atoms with van der Waals surface area (Å²) in [5, 5.41) is 0. The molecule has 0 aliphatic heterocycles. The largest absolute Gasteiger partial charge is 0.542 e.